The van der Waals surface area contributed by atoms with Crippen LogP contribution in [0.3, 0.4) is 0 Å². The number of aryl methyl sites for hydroxylation is 2. The van der Waals surface area contributed by atoms with Crippen LogP contribution in [0.15, 0.2) is 24.4 Å². The minimum absolute atomic E-state index is 0.675. The average molecular weight is 256 g/mol. The van der Waals surface area contributed by atoms with Crippen LogP contribution in [-0.4, -0.2) is 21.9 Å². The molecular formula is C14H16N4O. The van der Waals surface area contributed by atoms with E-state index in [2.05, 4.69) is 10.1 Å². The van der Waals surface area contributed by atoms with Crippen molar-refractivity contribution in [1.29, 1.82) is 0 Å². The number of anilines is 1. The van der Waals surface area contributed by atoms with Gasteiger partial charge in [0, 0.05) is 29.2 Å². The Labute approximate surface area is 111 Å². The van der Waals surface area contributed by atoms with Crippen molar-refractivity contribution in [2.24, 2.45) is 7.05 Å². The number of aromatic amines is 1. The number of nitrogens with zero attached hydrogens (tertiary/aromatic N) is 2. The Hall–Kier alpha value is -2.43. The average Bonchev–Trinajstić information content (AvgIpc) is 2.88. The molecule has 0 saturated heterocycles. The van der Waals surface area contributed by atoms with E-state index < -0.39 is 0 Å². The molecule has 1 aromatic carbocycles. The Morgan fingerprint density at radius 2 is 2.16 bits per heavy atom. The van der Waals surface area contributed by atoms with Crippen molar-refractivity contribution < 1.29 is 4.74 Å². The van der Waals surface area contributed by atoms with Crippen LogP contribution < -0.4 is 10.5 Å². The highest BCUT2D eigenvalue weighted by atomic mass is 16.5. The van der Waals surface area contributed by atoms with Crippen molar-refractivity contribution in [1.82, 2.24) is 14.8 Å². The van der Waals surface area contributed by atoms with E-state index in [9.17, 15) is 0 Å². The SMILES string of the molecule is COc1ccc2[nH]c(C)c(-c3c(N)cnn3C)c2c1. The zero-order valence-corrected chi connectivity index (χ0v) is 11.2. The fourth-order valence-corrected chi connectivity index (χ4v) is 2.50. The van der Waals surface area contributed by atoms with Crippen molar-refractivity contribution in [3.63, 3.8) is 0 Å². The summed E-state index contributed by atoms with van der Waals surface area (Å²) in [7, 11) is 3.56. The molecule has 2 heterocycles. The third-order valence-corrected chi connectivity index (χ3v) is 3.40. The van der Waals surface area contributed by atoms with Crippen LogP contribution in [0.2, 0.25) is 0 Å². The molecule has 19 heavy (non-hydrogen) atoms. The number of nitrogens with one attached hydrogen (secondary N) is 1. The number of nitrogens with two attached hydrogens (primary N) is 1. The van der Waals surface area contributed by atoms with Crippen molar-refractivity contribution in [3.8, 4) is 17.0 Å². The summed E-state index contributed by atoms with van der Waals surface area (Å²) < 4.78 is 7.09. The highest BCUT2D eigenvalue weighted by molar-refractivity contribution is 5.99. The lowest BCUT2D eigenvalue weighted by Gasteiger charge is -2.05. The molecule has 2 aromatic heterocycles. The lowest BCUT2D eigenvalue weighted by molar-refractivity contribution is 0.415. The van der Waals surface area contributed by atoms with E-state index in [0.717, 1.165) is 33.6 Å². The molecule has 0 spiro atoms. The van der Waals surface area contributed by atoms with Crippen LogP contribution in [0.25, 0.3) is 22.2 Å². The molecule has 0 bridgehead atoms. The number of methoxy groups -OCH3 is 1. The van der Waals surface area contributed by atoms with Gasteiger partial charge in [0.1, 0.15) is 5.75 Å². The van der Waals surface area contributed by atoms with E-state index in [1.165, 1.54) is 0 Å². The van der Waals surface area contributed by atoms with Crippen molar-refractivity contribution in [2.75, 3.05) is 12.8 Å². The monoisotopic (exact) mass is 256 g/mol. The molecule has 3 rings (SSSR count). The largest absolute Gasteiger partial charge is 0.497 e. The molecule has 0 saturated carbocycles. The number of H-pyrrole nitrogens is 1. The quantitative estimate of drug-likeness (QED) is 0.740. The molecule has 5 nitrogen and oxygen atoms in total. The number of hydrogen-bond acceptors (Lipinski definition) is 3. The summed E-state index contributed by atoms with van der Waals surface area (Å²) in [5.41, 5.74) is 10.8. The second-order valence-corrected chi connectivity index (χ2v) is 4.61. The summed E-state index contributed by atoms with van der Waals surface area (Å²) in [6.45, 7) is 2.04. The first-order valence-electron chi connectivity index (χ1n) is 6.06. The van der Waals surface area contributed by atoms with Crippen LogP contribution in [0.4, 0.5) is 5.69 Å². The molecule has 0 atom stereocenters. The lowest BCUT2D eigenvalue weighted by Crippen LogP contribution is -1.96. The van der Waals surface area contributed by atoms with Gasteiger partial charge in [-0.2, -0.15) is 5.10 Å². The van der Waals surface area contributed by atoms with Crippen molar-refractivity contribution in [3.05, 3.63) is 30.1 Å². The van der Waals surface area contributed by atoms with Gasteiger partial charge in [0.05, 0.1) is 24.7 Å². The zero-order chi connectivity index (χ0) is 13.6. The predicted molar refractivity (Wildman–Crippen MR) is 76.2 cm³/mol. The number of fused-ring (bicyclic) bond motifs is 1. The molecule has 3 N–H and O–H groups in total. The first-order valence-corrected chi connectivity index (χ1v) is 6.06. The third-order valence-electron chi connectivity index (χ3n) is 3.40. The highest BCUT2D eigenvalue weighted by Crippen LogP contribution is 2.36. The van der Waals surface area contributed by atoms with Crippen molar-refractivity contribution in [2.45, 2.75) is 6.92 Å². The van der Waals surface area contributed by atoms with Gasteiger partial charge in [0.15, 0.2) is 0 Å². The van der Waals surface area contributed by atoms with E-state index in [1.54, 1.807) is 18.0 Å². The minimum Gasteiger partial charge on any atom is -0.497 e. The van der Waals surface area contributed by atoms with Gasteiger partial charge >= 0.3 is 0 Å². The Morgan fingerprint density at radius 1 is 1.37 bits per heavy atom. The summed E-state index contributed by atoms with van der Waals surface area (Å²) in [6, 6.07) is 5.96. The molecular weight excluding hydrogens is 240 g/mol. The first-order chi connectivity index (χ1) is 9.11. The van der Waals surface area contributed by atoms with Gasteiger partial charge in [-0.1, -0.05) is 0 Å². The van der Waals surface area contributed by atoms with Gasteiger partial charge in [-0.3, -0.25) is 4.68 Å². The maximum absolute atomic E-state index is 6.03. The zero-order valence-electron chi connectivity index (χ0n) is 11.2. The molecule has 98 valence electrons. The second-order valence-electron chi connectivity index (χ2n) is 4.61. The molecule has 0 aliphatic carbocycles. The van der Waals surface area contributed by atoms with Gasteiger partial charge in [0.25, 0.3) is 0 Å². The molecule has 3 aromatic rings. The fourth-order valence-electron chi connectivity index (χ4n) is 2.50. The van der Waals surface area contributed by atoms with E-state index in [4.69, 9.17) is 10.5 Å². The summed E-state index contributed by atoms with van der Waals surface area (Å²) >= 11 is 0. The molecule has 0 aliphatic rings. The molecule has 5 heteroatoms. The van der Waals surface area contributed by atoms with Crippen LogP contribution in [0.5, 0.6) is 5.75 Å². The van der Waals surface area contributed by atoms with Crippen LogP contribution >= 0.6 is 0 Å². The van der Waals surface area contributed by atoms with Crippen LogP contribution in [0.1, 0.15) is 5.69 Å². The van der Waals surface area contributed by atoms with Gasteiger partial charge in [-0.25, -0.2) is 0 Å². The van der Waals surface area contributed by atoms with Gasteiger partial charge in [0.2, 0.25) is 0 Å². The number of hydrogen-bond donors (Lipinski definition) is 2. The van der Waals surface area contributed by atoms with E-state index in [1.807, 2.05) is 32.2 Å². The molecule has 0 fully saturated rings. The van der Waals surface area contributed by atoms with Crippen molar-refractivity contribution >= 4 is 16.6 Å². The summed E-state index contributed by atoms with van der Waals surface area (Å²) in [5, 5.41) is 5.30. The summed E-state index contributed by atoms with van der Waals surface area (Å²) in [6.07, 6.45) is 1.67. The number of benzene rings is 1. The highest BCUT2D eigenvalue weighted by Gasteiger charge is 2.17. The summed E-state index contributed by atoms with van der Waals surface area (Å²) in [4.78, 5) is 3.37. The normalized spacial score (nSPS) is 11.1. The Morgan fingerprint density at radius 3 is 2.79 bits per heavy atom. The van der Waals surface area contributed by atoms with Gasteiger partial charge in [-0.15, -0.1) is 0 Å². The third kappa shape index (κ3) is 1.66. The lowest BCUT2D eigenvalue weighted by atomic mass is 10.1. The smallest absolute Gasteiger partial charge is 0.119 e. The van der Waals surface area contributed by atoms with Crippen LogP contribution in [-0.2, 0) is 7.05 Å². The minimum atomic E-state index is 0.675. The number of ether oxygens (including phenoxy) is 1. The predicted octanol–water partition coefficient (Wildman–Crippen LogP) is 2.47. The van der Waals surface area contributed by atoms with E-state index >= 15 is 0 Å². The van der Waals surface area contributed by atoms with E-state index in [-0.39, 0.29) is 0 Å². The molecule has 0 amide bonds. The maximum Gasteiger partial charge on any atom is 0.119 e. The Balaban J connectivity index is 2.37. The Kier molecular flexibility index (Phi) is 2.48. The number of aromatic nitrogens is 3. The van der Waals surface area contributed by atoms with E-state index in [0.29, 0.717) is 5.69 Å². The fraction of sp³-hybridized carbons (Fsp3) is 0.214. The van der Waals surface area contributed by atoms with Gasteiger partial charge < -0.3 is 15.5 Å². The summed E-state index contributed by atoms with van der Waals surface area (Å²) in [5.74, 6) is 0.827. The van der Waals surface area contributed by atoms with Crippen LogP contribution in [0, 0.1) is 6.92 Å². The number of rotatable bonds is 2. The second kappa shape index (κ2) is 4.05. The molecule has 0 aliphatic heterocycles. The standard InChI is InChI=1S/C14H16N4O/c1-8-13(14-11(15)7-16-18(14)2)10-6-9(19-3)4-5-12(10)17-8/h4-7,17H,15H2,1-3H3. The van der Waals surface area contributed by atoms with Gasteiger partial charge in [-0.05, 0) is 25.1 Å². The Bertz CT molecular complexity index is 735. The topological polar surface area (TPSA) is 68.9 Å². The number of nitrogen functional groups attached to an aromatic ring is 1. The molecule has 0 unspecified atom stereocenters. The maximum atomic E-state index is 6.03. The molecule has 0 radical (unpaired) electrons. The first kappa shape index (κ1) is 11.6.